The van der Waals surface area contributed by atoms with E-state index in [-0.39, 0.29) is 17.9 Å². The minimum Gasteiger partial charge on any atom is -0.370 e. The summed E-state index contributed by atoms with van der Waals surface area (Å²) in [5.41, 5.74) is 0. The molecule has 2 heterocycles. The van der Waals surface area contributed by atoms with Gasteiger partial charge in [0.15, 0.2) is 6.04 Å². The SMILES string of the molecule is CNCCC[N+]1(C2CC(=O)NC2=O)CCOCC1. The van der Waals surface area contributed by atoms with Gasteiger partial charge in [-0.3, -0.25) is 14.9 Å². The molecule has 6 nitrogen and oxygen atoms in total. The highest BCUT2D eigenvalue weighted by Crippen LogP contribution is 2.23. The van der Waals surface area contributed by atoms with Gasteiger partial charge in [-0.05, 0) is 7.05 Å². The van der Waals surface area contributed by atoms with E-state index < -0.39 is 0 Å². The van der Waals surface area contributed by atoms with E-state index in [1.807, 2.05) is 7.05 Å². The Kier molecular flexibility index (Phi) is 4.31. The Morgan fingerprint density at radius 1 is 1.39 bits per heavy atom. The monoisotopic (exact) mass is 256 g/mol. The van der Waals surface area contributed by atoms with Crippen molar-refractivity contribution in [1.29, 1.82) is 0 Å². The maximum absolute atomic E-state index is 11.9. The van der Waals surface area contributed by atoms with Crippen molar-refractivity contribution in [3.63, 3.8) is 0 Å². The molecule has 0 aliphatic carbocycles. The number of hydrogen-bond acceptors (Lipinski definition) is 4. The summed E-state index contributed by atoms with van der Waals surface area (Å²) < 4.78 is 6.11. The normalized spacial score (nSPS) is 27.3. The molecule has 6 heteroatoms. The van der Waals surface area contributed by atoms with E-state index in [9.17, 15) is 9.59 Å². The van der Waals surface area contributed by atoms with Gasteiger partial charge in [-0.15, -0.1) is 0 Å². The van der Waals surface area contributed by atoms with Crippen molar-refractivity contribution < 1.29 is 18.8 Å². The van der Waals surface area contributed by atoms with Crippen molar-refractivity contribution in [3.05, 3.63) is 0 Å². The molecule has 2 aliphatic heterocycles. The van der Waals surface area contributed by atoms with Gasteiger partial charge in [-0.25, -0.2) is 0 Å². The van der Waals surface area contributed by atoms with E-state index in [1.165, 1.54) is 0 Å². The van der Waals surface area contributed by atoms with Gasteiger partial charge in [0.2, 0.25) is 5.91 Å². The lowest BCUT2D eigenvalue weighted by molar-refractivity contribution is -0.948. The number of nitrogens with one attached hydrogen (secondary N) is 2. The highest BCUT2D eigenvalue weighted by atomic mass is 16.5. The molecule has 2 fully saturated rings. The number of carbonyl (C=O) groups is 2. The molecule has 0 bridgehead atoms. The van der Waals surface area contributed by atoms with Gasteiger partial charge < -0.3 is 14.5 Å². The smallest absolute Gasteiger partial charge is 0.285 e. The third-order valence-corrected chi connectivity index (χ3v) is 4.00. The molecule has 0 radical (unpaired) electrons. The highest BCUT2D eigenvalue weighted by molar-refractivity contribution is 6.04. The summed E-state index contributed by atoms with van der Waals surface area (Å²) in [5.74, 6) is -0.242. The first-order valence-corrected chi connectivity index (χ1v) is 6.60. The van der Waals surface area contributed by atoms with E-state index in [0.29, 0.717) is 24.1 Å². The Bertz CT molecular complexity index is 327. The van der Waals surface area contributed by atoms with E-state index in [2.05, 4.69) is 10.6 Å². The Labute approximate surface area is 107 Å². The fourth-order valence-electron chi connectivity index (χ4n) is 2.95. The summed E-state index contributed by atoms with van der Waals surface area (Å²) in [6, 6.07) is -0.210. The third-order valence-electron chi connectivity index (χ3n) is 4.00. The number of amides is 2. The Morgan fingerprint density at radius 2 is 2.11 bits per heavy atom. The summed E-state index contributed by atoms with van der Waals surface area (Å²) in [7, 11) is 1.93. The average molecular weight is 256 g/mol. The minimum absolute atomic E-state index is 0.105. The van der Waals surface area contributed by atoms with Crippen molar-refractivity contribution >= 4 is 11.8 Å². The number of ether oxygens (including phenoxy) is 1. The summed E-state index contributed by atoms with van der Waals surface area (Å²) >= 11 is 0. The Hall–Kier alpha value is -0.980. The van der Waals surface area contributed by atoms with Gasteiger partial charge in [0.1, 0.15) is 13.1 Å². The van der Waals surface area contributed by atoms with Crippen LogP contribution in [0.25, 0.3) is 0 Å². The van der Waals surface area contributed by atoms with Crippen molar-refractivity contribution in [2.75, 3.05) is 46.4 Å². The van der Waals surface area contributed by atoms with Crippen LogP contribution < -0.4 is 10.6 Å². The molecule has 102 valence electrons. The fourth-order valence-corrected chi connectivity index (χ4v) is 2.95. The first kappa shape index (κ1) is 13.5. The predicted octanol–water partition coefficient (Wildman–Crippen LogP) is -1.14. The maximum Gasteiger partial charge on any atom is 0.285 e. The summed E-state index contributed by atoms with van der Waals surface area (Å²) in [6.45, 7) is 4.87. The van der Waals surface area contributed by atoms with Crippen LogP contribution in [-0.4, -0.2) is 68.8 Å². The van der Waals surface area contributed by atoms with E-state index in [1.54, 1.807) is 0 Å². The van der Waals surface area contributed by atoms with Crippen LogP contribution in [0.5, 0.6) is 0 Å². The molecule has 2 amide bonds. The molecule has 2 aliphatic rings. The molecule has 0 aromatic carbocycles. The van der Waals surface area contributed by atoms with Gasteiger partial charge in [0.25, 0.3) is 5.91 Å². The number of imide groups is 1. The quantitative estimate of drug-likeness (QED) is 0.371. The molecule has 2 rings (SSSR count). The fraction of sp³-hybridized carbons (Fsp3) is 0.833. The molecule has 0 aromatic heterocycles. The van der Waals surface area contributed by atoms with Crippen LogP contribution in [0.4, 0.5) is 0 Å². The van der Waals surface area contributed by atoms with Crippen LogP contribution in [0.15, 0.2) is 0 Å². The number of quaternary nitrogens is 1. The van der Waals surface area contributed by atoms with Gasteiger partial charge in [0.05, 0.1) is 26.2 Å². The molecule has 0 spiro atoms. The van der Waals surface area contributed by atoms with Crippen molar-refractivity contribution in [2.24, 2.45) is 0 Å². The molecule has 1 atom stereocenters. The maximum atomic E-state index is 11.9. The number of rotatable bonds is 5. The topological polar surface area (TPSA) is 67.4 Å². The van der Waals surface area contributed by atoms with Gasteiger partial charge in [-0.1, -0.05) is 0 Å². The zero-order valence-corrected chi connectivity index (χ0v) is 10.9. The lowest BCUT2D eigenvalue weighted by Gasteiger charge is -2.44. The predicted molar refractivity (Wildman–Crippen MR) is 65.8 cm³/mol. The standard InChI is InChI=1S/C12H21N3O3/c1-13-3-2-4-15(5-7-18-8-6-15)10-9-11(16)14-12(10)17/h10,13H,2-9H2,1H3/p+1. The second-order valence-electron chi connectivity index (χ2n) is 5.09. The van der Waals surface area contributed by atoms with Gasteiger partial charge in [0, 0.05) is 13.0 Å². The molecule has 2 saturated heterocycles. The molecule has 0 saturated carbocycles. The molecular formula is C12H22N3O3+. The minimum atomic E-state index is -0.210. The van der Waals surface area contributed by atoms with E-state index >= 15 is 0 Å². The van der Waals surface area contributed by atoms with Crippen molar-refractivity contribution in [3.8, 4) is 0 Å². The zero-order chi connectivity index (χ0) is 13.0. The summed E-state index contributed by atoms with van der Waals surface area (Å²) in [6.07, 6.45) is 1.34. The molecule has 1 unspecified atom stereocenters. The second-order valence-corrected chi connectivity index (χ2v) is 5.09. The second kappa shape index (κ2) is 5.77. The highest BCUT2D eigenvalue weighted by Gasteiger charge is 2.47. The molecule has 18 heavy (non-hydrogen) atoms. The van der Waals surface area contributed by atoms with Crippen LogP contribution in [-0.2, 0) is 14.3 Å². The number of carbonyl (C=O) groups excluding carboxylic acids is 2. The summed E-state index contributed by atoms with van der Waals surface area (Å²) in [4.78, 5) is 23.3. The lowest BCUT2D eigenvalue weighted by Crippen LogP contribution is -2.63. The Balaban J connectivity index is 2.08. The Morgan fingerprint density at radius 3 is 2.67 bits per heavy atom. The lowest BCUT2D eigenvalue weighted by atomic mass is 10.1. The van der Waals surface area contributed by atoms with Crippen LogP contribution in [0.2, 0.25) is 0 Å². The first-order valence-electron chi connectivity index (χ1n) is 6.60. The average Bonchev–Trinajstić information content (AvgIpc) is 2.71. The van der Waals surface area contributed by atoms with Crippen LogP contribution in [0.1, 0.15) is 12.8 Å². The van der Waals surface area contributed by atoms with Gasteiger partial charge in [-0.2, -0.15) is 0 Å². The zero-order valence-electron chi connectivity index (χ0n) is 10.9. The van der Waals surface area contributed by atoms with Crippen molar-refractivity contribution in [2.45, 2.75) is 18.9 Å². The van der Waals surface area contributed by atoms with Crippen molar-refractivity contribution in [1.82, 2.24) is 10.6 Å². The van der Waals surface area contributed by atoms with Gasteiger partial charge >= 0.3 is 0 Å². The molecule has 0 aromatic rings. The largest absolute Gasteiger partial charge is 0.370 e. The van der Waals surface area contributed by atoms with E-state index in [4.69, 9.17) is 4.74 Å². The number of nitrogens with zero attached hydrogens (tertiary/aromatic N) is 1. The van der Waals surface area contributed by atoms with E-state index in [0.717, 1.165) is 32.6 Å². The number of morpholine rings is 1. The molecular weight excluding hydrogens is 234 g/mol. The molecule has 2 N–H and O–H groups in total. The third kappa shape index (κ3) is 2.71. The van der Waals surface area contributed by atoms with Crippen LogP contribution in [0.3, 0.4) is 0 Å². The van der Waals surface area contributed by atoms with Crippen LogP contribution in [0, 0.1) is 0 Å². The number of hydrogen-bond donors (Lipinski definition) is 2. The van der Waals surface area contributed by atoms with Crippen LogP contribution >= 0.6 is 0 Å². The first-order chi connectivity index (χ1) is 8.68. The summed E-state index contributed by atoms with van der Waals surface area (Å²) in [5, 5.41) is 5.56.